The lowest BCUT2D eigenvalue weighted by Crippen LogP contribution is -2.63. The molecule has 14 nitrogen and oxygen atoms in total. The normalized spacial score (nSPS) is 21.7. The van der Waals surface area contributed by atoms with E-state index in [0.29, 0.717) is 6.42 Å². The van der Waals surface area contributed by atoms with Crippen LogP contribution in [0.4, 0.5) is 0 Å². The second kappa shape index (κ2) is 15.0. The summed E-state index contributed by atoms with van der Waals surface area (Å²) in [6.07, 6.45) is -1.77. The lowest BCUT2D eigenvalue weighted by atomic mass is 9.98. The Bertz CT molecular complexity index is 1410. The van der Waals surface area contributed by atoms with Crippen LogP contribution in [0.25, 0.3) is 11.0 Å². The van der Waals surface area contributed by atoms with Crippen LogP contribution in [0.15, 0.2) is 39.6 Å². The summed E-state index contributed by atoms with van der Waals surface area (Å²) in [7, 11) is 0. The van der Waals surface area contributed by atoms with Crippen LogP contribution in [0, 0.1) is 0 Å². The number of benzene rings is 1. The highest BCUT2D eigenvalue weighted by molar-refractivity contribution is 5.86. The molecule has 3 rings (SSSR count). The summed E-state index contributed by atoms with van der Waals surface area (Å²) >= 11 is 0. The van der Waals surface area contributed by atoms with Gasteiger partial charge in [0.2, 0.25) is 18.1 Å². The van der Waals surface area contributed by atoms with Crippen LogP contribution in [0.1, 0.15) is 47.5 Å². The Balaban J connectivity index is 1.96. The van der Waals surface area contributed by atoms with E-state index in [9.17, 15) is 29.1 Å². The van der Waals surface area contributed by atoms with Gasteiger partial charge in [-0.25, -0.2) is 4.79 Å². The molecule has 1 aliphatic heterocycles. The molecule has 0 spiro atoms. The van der Waals surface area contributed by atoms with E-state index in [2.05, 4.69) is 0 Å². The lowest BCUT2D eigenvalue weighted by Gasteiger charge is -2.43. The molecule has 43 heavy (non-hydrogen) atoms. The first-order valence-corrected chi connectivity index (χ1v) is 13.5. The first-order valence-electron chi connectivity index (χ1n) is 13.5. The van der Waals surface area contributed by atoms with Crippen LogP contribution in [0.5, 0.6) is 17.2 Å². The topological polar surface area (TPSA) is 183 Å². The fourth-order valence-electron chi connectivity index (χ4n) is 4.28. The van der Waals surface area contributed by atoms with Crippen LogP contribution in [-0.2, 0) is 42.9 Å². The predicted octanol–water partition coefficient (Wildman–Crippen LogP) is 2.70. The van der Waals surface area contributed by atoms with E-state index < -0.39 is 72.6 Å². The van der Waals surface area contributed by atoms with Gasteiger partial charge in [-0.2, -0.15) is 0 Å². The van der Waals surface area contributed by atoms with Crippen molar-refractivity contribution < 1.29 is 61.9 Å². The average molecular weight is 607 g/mol. The molecule has 0 unspecified atom stereocenters. The predicted molar refractivity (Wildman–Crippen MR) is 146 cm³/mol. The van der Waals surface area contributed by atoms with E-state index in [1.807, 2.05) is 19.1 Å². The van der Waals surface area contributed by atoms with Gasteiger partial charge < -0.3 is 42.7 Å². The van der Waals surface area contributed by atoms with Gasteiger partial charge in [-0.05, 0) is 25.0 Å². The minimum Gasteiger partial charge on any atom is -0.504 e. The van der Waals surface area contributed by atoms with Gasteiger partial charge in [0.1, 0.15) is 24.0 Å². The molecule has 2 aromatic rings. The number of fused-ring (bicyclic) bond motifs is 1. The van der Waals surface area contributed by atoms with Crippen molar-refractivity contribution in [1.29, 1.82) is 0 Å². The summed E-state index contributed by atoms with van der Waals surface area (Å²) in [5.74, 6) is -3.78. The zero-order valence-corrected chi connectivity index (χ0v) is 24.4. The van der Waals surface area contributed by atoms with Crippen molar-refractivity contribution in [2.24, 2.45) is 0 Å². The van der Waals surface area contributed by atoms with Crippen LogP contribution >= 0.6 is 0 Å². The molecule has 14 heteroatoms. The number of carbonyl (C=O) groups excluding carboxylic acids is 4. The van der Waals surface area contributed by atoms with Crippen molar-refractivity contribution in [3.63, 3.8) is 0 Å². The molecule has 234 valence electrons. The Labute approximate surface area is 246 Å². The SMILES string of the molecule is CCC=CCCOc1c(O)c2ccc(O[C@@H]3O[C@H](COC(C)=O)[C@H](OC(C)=O)[C@H](OC(C)=O)[C@H]3OC(C)=O)cc2oc1=O. The number of ether oxygens (including phenoxy) is 7. The zero-order valence-electron chi connectivity index (χ0n) is 24.4. The fourth-order valence-corrected chi connectivity index (χ4v) is 4.28. The first kappa shape index (κ1) is 32.9. The van der Waals surface area contributed by atoms with Crippen molar-refractivity contribution in [1.82, 2.24) is 0 Å². The van der Waals surface area contributed by atoms with Crippen molar-refractivity contribution >= 4 is 34.8 Å². The third kappa shape index (κ3) is 8.95. The number of allylic oxidation sites excluding steroid dienone is 1. The molecule has 0 radical (unpaired) electrons. The summed E-state index contributed by atoms with van der Waals surface area (Å²) in [5.41, 5.74) is -0.988. The lowest BCUT2D eigenvalue weighted by molar-refractivity contribution is -0.288. The monoisotopic (exact) mass is 606 g/mol. The van der Waals surface area contributed by atoms with E-state index in [1.165, 1.54) is 18.2 Å². The standard InChI is InChI=1S/C29H34O14/c1-6-7-8-9-12-36-25-23(34)20-11-10-19(13-21(20)42-28(25)35)41-29-27(40-18(5)33)26(39-17(4)32)24(38-16(3)31)22(43-29)14-37-15(2)30/h7-8,10-11,13,22,24,26-27,29,34H,6,9,12,14H2,1-5H3/t22-,24+,26+,27-,29-/m1/s1. The van der Waals surface area contributed by atoms with Gasteiger partial charge in [-0.1, -0.05) is 19.1 Å². The third-order valence-corrected chi connectivity index (χ3v) is 5.95. The van der Waals surface area contributed by atoms with E-state index in [0.717, 1.165) is 34.1 Å². The maximum atomic E-state index is 12.6. The van der Waals surface area contributed by atoms with E-state index >= 15 is 0 Å². The van der Waals surface area contributed by atoms with Gasteiger partial charge in [0.15, 0.2) is 18.0 Å². The third-order valence-electron chi connectivity index (χ3n) is 5.95. The van der Waals surface area contributed by atoms with Gasteiger partial charge in [0.25, 0.3) is 0 Å². The highest BCUT2D eigenvalue weighted by Crippen LogP contribution is 2.35. The molecule has 0 bridgehead atoms. The number of carbonyl (C=O) groups is 4. The number of aromatic hydroxyl groups is 1. The van der Waals surface area contributed by atoms with Crippen molar-refractivity contribution in [2.45, 2.75) is 78.2 Å². The highest BCUT2D eigenvalue weighted by Gasteiger charge is 2.53. The van der Waals surface area contributed by atoms with Crippen molar-refractivity contribution in [2.75, 3.05) is 13.2 Å². The summed E-state index contributed by atoms with van der Waals surface area (Å²) < 4.78 is 43.8. The fraction of sp³-hybridized carbons (Fsp3) is 0.483. The molecule has 1 aliphatic rings. The van der Waals surface area contributed by atoms with Crippen LogP contribution < -0.4 is 15.1 Å². The van der Waals surface area contributed by atoms with Gasteiger partial charge >= 0.3 is 29.5 Å². The molecule has 1 N–H and O–H groups in total. The van der Waals surface area contributed by atoms with Crippen LogP contribution in [0.3, 0.4) is 0 Å². The van der Waals surface area contributed by atoms with Crippen molar-refractivity contribution in [3.8, 4) is 17.2 Å². The minimum absolute atomic E-state index is 0.0225. The quantitative estimate of drug-likeness (QED) is 0.122. The molecule has 1 aromatic heterocycles. The molecule has 5 atom stereocenters. The van der Waals surface area contributed by atoms with Crippen molar-refractivity contribution in [3.05, 3.63) is 40.8 Å². The Morgan fingerprint density at radius 1 is 0.907 bits per heavy atom. The molecular weight excluding hydrogens is 572 g/mol. The van der Waals surface area contributed by atoms with E-state index in [1.54, 1.807) is 0 Å². The molecule has 1 saturated heterocycles. The average Bonchev–Trinajstić information content (AvgIpc) is 2.91. The number of esters is 4. The van der Waals surface area contributed by atoms with Crippen LogP contribution in [-0.4, -0.2) is 72.9 Å². The Kier molecular flexibility index (Phi) is 11.5. The molecular formula is C29H34O14. The smallest absolute Gasteiger partial charge is 0.383 e. The number of rotatable bonds is 12. The summed E-state index contributed by atoms with van der Waals surface area (Å²) in [6.45, 7) is 6.14. The van der Waals surface area contributed by atoms with Gasteiger partial charge in [0, 0.05) is 33.8 Å². The minimum atomic E-state index is -1.50. The van der Waals surface area contributed by atoms with Gasteiger partial charge in [0.05, 0.1) is 12.0 Å². The molecule has 0 amide bonds. The molecule has 2 heterocycles. The van der Waals surface area contributed by atoms with Gasteiger partial charge in [-0.15, -0.1) is 0 Å². The largest absolute Gasteiger partial charge is 0.504 e. The Morgan fingerprint density at radius 3 is 2.19 bits per heavy atom. The Hall–Kier alpha value is -4.59. The molecule has 1 fully saturated rings. The van der Waals surface area contributed by atoms with E-state index in [-0.39, 0.29) is 29.1 Å². The maximum absolute atomic E-state index is 12.6. The second-order valence-electron chi connectivity index (χ2n) is 9.43. The van der Waals surface area contributed by atoms with Gasteiger partial charge in [-0.3, -0.25) is 19.2 Å². The number of hydrogen-bond acceptors (Lipinski definition) is 14. The second-order valence-corrected chi connectivity index (χ2v) is 9.43. The summed E-state index contributed by atoms with van der Waals surface area (Å²) in [6, 6.07) is 4.08. The Morgan fingerprint density at radius 2 is 1.56 bits per heavy atom. The number of hydrogen-bond donors (Lipinski definition) is 1. The highest BCUT2D eigenvalue weighted by atomic mass is 16.7. The molecule has 0 saturated carbocycles. The molecule has 1 aromatic carbocycles. The molecule has 0 aliphatic carbocycles. The van der Waals surface area contributed by atoms with E-state index in [4.69, 9.17) is 37.6 Å². The summed E-state index contributed by atoms with van der Waals surface area (Å²) in [4.78, 5) is 60.0. The first-order chi connectivity index (χ1) is 20.4. The zero-order chi connectivity index (χ0) is 31.7. The van der Waals surface area contributed by atoms with Crippen LogP contribution in [0.2, 0.25) is 0 Å². The maximum Gasteiger partial charge on any atom is 0.383 e. The summed E-state index contributed by atoms with van der Waals surface area (Å²) in [5, 5.41) is 10.8.